The predicted molar refractivity (Wildman–Crippen MR) is 84.0 cm³/mol. The SMILES string of the molecule is CCc1nn(C)c(CNC2CCCCC2SC)c1Cl. The first-order chi connectivity index (χ1) is 9.17. The van der Waals surface area contributed by atoms with Crippen LogP contribution in [0.5, 0.6) is 0 Å². The standard InChI is InChI=1S/C14H24ClN3S/c1-4-10-14(15)12(18(2)17-10)9-16-11-7-5-6-8-13(11)19-3/h11,13,16H,4-9H2,1-3H3. The lowest BCUT2D eigenvalue weighted by Crippen LogP contribution is -2.40. The molecular weight excluding hydrogens is 278 g/mol. The Morgan fingerprint density at radius 2 is 2.16 bits per heavy atom. The zero-order valence-corrected chi connectivity index (χ0v) is 13.7. The second kappa shape index (κ2) is 7.00. The van der Waals surface area contributed by atoms with E-state index in [1.54, 1.807) is 0 Å². The van der Waals surface area contributed by atoms with Crippen molar-refractivity contribution in [1.29, 1.82) is 0 Å². The molecule has 19 heavy (non-hydrogen) atoms. The Labute approximate surface area is 125 Å². The molecule has 2 rings (SSSR count). The summed E-state index contributed by atoms with van der Waals surface area (Å²) >= 11 is 8.38. The number of hydrogen-bond donors (Lipinski definition) is 1. The number of thioether (sulfide) groups is 1. The van der Waals surface area contributed by atoms with Gasteiger partial charge < -0.3 is 5.32 Å². The van der Waals surface area contributed by atoms with Crippen molar-refractivity contribution >= 4 is 23.4 Å². The van der Waals surface area contributed by atoms with Gasteiger partial charge in [0.15, 0.2) is 0 Å². The maximum Gasteiger partial charge on any atom is 0.0863 e. The van der Waals surface area contributed by atoms with Gasteiger partial charge in [-0.25, -0.2) is 0 Å². The molecule has 1 saturated carbocycles. The Hall–Kier alpha value is -0.190. The second-order valence-electron chi connectivity index (χ2n) is 5.23. The molecule has 0 amide bonds. The second-order valence-corrected chi connectivity index (χ2v) is 6.69. The van der Waals surface area contributed by atoms with Crippen LogP contribution in [0, 0.1) is 0 Å². The molecule has 108 valence electrons. The van der Waals surface area contributed by atoms with Crippen LogP contribution >= 0.6 is 23.4 Å². The Morgan fingerprint density at radius 3 is 2.79 bits per heavy atom. The first kappa shape index (κ1) is 15.2. The molecule has 5 heteroatoms. The third-order valence-electron chi connectivity index (χ3n) is 4.04. The molecule has 0 bridgehead atoms. The maximum atomic E-state index is 6.39. The van der Waals surface area contributed by atoms with E-state index in [9.17, 15) is 0 Å². The van der Waals surface area contributed by atoms with Gasteiger partial charge in [-0.3, -0.25) is 4.68 Å². The normalized spacial score (nSPS) is 23.8. The average Bonchev–Trinajstić information content (AvgIpc) is 2.71. The zero-order valence-electron chi connectivity index (χ0n) is 12.1. The molecule has 0 aliphatic heterocycles. The van der Waals surface area contributed by atoms with E-state index < -0.39 is 0 Å². The van der Waals surface area contributed by atoms with E-state index in [1.807, 2.05) is 23.5 Å². The van der Waals surface area contributed by atoms with E-state index in [1.165, 1.54) is 25.7 Å². The van der Waals surface area contributed by atoms with Gasteiger partial charge in [-0.2, -0.15) is 16.9 Å². The highest BCUT2D eigenvalue weighted by molar-refractivity contribution is 7.99. The van der Waals surface area contributed by atoms with Gasteiger partial charge in [-0.15, -0.1) is 0 Å². The molecule has 3 nitrogen and oxygen atoms in total. The van der Waals surface area contributed by atoms with Crippen molar-refractivity contribution in [2.75, 3.05) is 6.26 Å². The summed E-state index contributed by atoms with van der Waals surface area (Å²) in [6.45, 7) is 2.92. The van der Waals surface area contributed by atoms with Gasteiger partial charge >= 0.3 is 0 Å². The van der Waals surface area contributed by atoms with Crippen LogP contribution in [0.2, 0.25) is 5.02 Å². The summed E-state index contributed by atoms with van der Waals surface area (Å²) in [5, 5.41) is 9.75. The van der Waals surface area contributed by atoms with Crippen molar-refractivity contribution in [3.63, 3.8) is 0 Å². The number of rotatable bonds is 5. The van der Waals surface area contributed by atoms with Gasteiger partial charge in [0, 0.05) is 24.9 Å². The number of aryl methyl sites for hydroxylation is 2. The van der Waals surface area contributed by atoms with Gasteiger partial charge in [-0.1, -0.05) is 31.4 Å². The number of nitrogens with one attached hydrogen (secondary N) is 1. The monoisotopic (exact) mass is 301 g/mol. The van der Waals surface area contributed by atoms with E-state index in [0.717, 1.165) is 34.6 Å². The van der Waals surface area contributed by atoms with E-state index >= 15 is 0 Å². The van der Waals surface area contributed by atoms with Gasteiger partial charge in [0.25, 0.3) is 0 Å². The first-order valence-electron chi connectivity index (χ1n) is 7.13. The van der Waals surface area contributed by atoms with Crippen LogP contribution < -0.4 is 5.32 Å². The third-order valence-corrected chi connectivity index (χ3v) is 5.65. The Bertz CT molecular complexity index is 419. The Kier molecular flexibility index (Phi) is 5.60. The van der Waals surface area contributed by atoms with Gasteiger partial charge in [0.2, 0.25) is 0 Å². The molecule has 0 radical (unpaired) electrons. The summed E-state index contributed by atoms with van der Waals surface area (Å²) in [6.07, 6.45) is 8.43. The third kappa shape index (κ3) is 3.47. The smallest absolute Gasteiger partial charge is 0.0863 e. The Balaban J connectivity index is 1.99. The van der Waals surface area contributed by atoms with Gasteiger partial charge in [0.1, 0.15) is 0 Å². The van der Waals surface area contributed by atoms with Crippen molar-refractivity contribution in [2.45, 2.75) is 56.9 Å². The lowest BCUT2D eigenvalue weighted by atomic mass is 9.95. The summed E-state index contributed by atoms with van der Waals surface area (Å²) in [5.41, 5.74) is 2.12. The van der Waals surface area contributed by atoms with Crippen LogP contribution in [0.3, 0.4) is 0 Å². The van der Waals surface area contributed by atoms with Crippen LogP contribution in [0.1, 0.15) is 44.0 Å². The van der Waals surface area contributed by atoms with E-state index in [4.69, 9.17) is 11.6 Å². The number of hydrogen-bond acceptors (Lipinski definition) is 3. The highest BCUT2D eigenvalue weighted by atomic mass is 35.5. The first-order valence-corrected chi connectivity index (χ1v) is 8.80. The van der Waals surface area contributed by atoms with Crippen molar-refractivity contribution < 1.29 is 0 Å². The lowest BCUT2D eigenvalue weighted by Gasteiger charge is -2.31. The minimum Gasteiger partial charge on any atom is -0.307 e. The average molecular weight is 302 g/mol. The quantitative estimate of drug-likeness (QED) is 0.904. The fraction of sp³-hybridized carbons (Fsp3) is 0.786. The van der Waals surface area contributed by atoms with Crippen molar-refractivity contribution in [2.24, 2.45) is 7.05 Å². The van der Waals surface area contributed by atoms with E-state index in [0.29, 0.717) is 6.04 Å². The van der Waals surface area contributed by atoms with Crippen molar-refractivity contribution in [1.82, 2.24) is 15.1 Å². The molecule has 1 N–H and O–H groups in total. The fourth-order valence-electron chi connectivity index (χ4n) is 2.85. The molecule has 2 atom stereocenters. The number of nitrogens with zero attached hydrogens (tertiary/aromatic N) is 2. The molecular formula is C14H24ClN3S. The minimum absolute atomic E-state index is 0.611. The highest BCUT2D eigenvalue weighted by Crippen LogP contribution is 2.28. The molecule has 1 aromatic rings. The van der Waals surface area contributed by atoms with Crippen LogP contribution in [-0.4, -0.2) is 27.3 Å². The molecule has 1 aliphatic carbocycles. The predicted octanol–water partition coefficient (Wildman–Crippen LogP) is 3.40. The number of aromatic nitrogens is 2. The lowest BCUT2D eigenvalue weighted by molar-refractivity contribution is 0.379. The topological polar surface area (TPSA) is 29.9 Å². The minimum atomic E-state index is 0.611. The summed E-state index contributed by atoms with van der Waals surface area (Å²) in [4.78, 5) is 0. The fourth-order valence-corrected chi connectivity index (χ4v) is 4.18. The molecule has 0 aromatic carbocycles. The molecule has 0 saturated heterocycles. The highest BCUT2D eigenvalue weighted by Gasteiger charge is 2.24. The van der Waals surface area contributed by atoms with Gasteiger partial charge in [0.05, 0.1) is 16.4 Å². The molecule has 1 heterocycles. The maximum absolute atomic E-state index is 6.39. The van der Waals surface area contributed by atoms with Crippen molar-refractivity contribution in [3.05, 3.63) is 16.4 Å². The summed E-state index contributed by atoms with van der Waals surface area (Å²) in [7, 11) is 1.98. The van der Waals surface area contributed by atoms with Crippen LogP contribution in [0.4, 0.5) is 0 Å². The van der Waals surface area contributed by atoms with Gasteiger partial charge in [-0.05, 0) is 25.5 Å². The zero-order chi connectivity index (χ0) is 13.8. The van der Waals surface area contributed by atoms with Crippen LogP contribution in [0.15, 0.2) is 0 Å². The summed E-state index contributed by atoms with van der Waals surface area (Å²) in [5.74, 6) is 0. The summed E-state index contributed by atoms with van der Waals surface area (Å²) in [6, 6.07) is 0.611. The van der Waals surface area contributed by atoms with Crippen LogP contribution in [0.25, 0.3) is 0 Å². The number of halogens is 1. The Morgan fingerprint density at radius 1 is 1.42 bits per heavy atom. The summed E-state index contributed by atoms with van der Waals surface area (Å²) < 4.78 is 1.92. The van der Waals surface area contributed by atoms with E-state index in [2.05, 4.69) is 23.6 Å². The molecule has 1 aliphatic rings. The van der Waals surface area contributed by atoms with Crippen LogP contribution in [-0.2, 0) is 20.0 Å². The molecule has 1 aromatic heterocycles. The molecule has 1 fully saturated rings. The van der Waals surface area contributed by atoms with Crippen molar-refractivity contribution in [3.8, 4) is 0 Å². The molecule has 2 unspecified atom stereocenters. The van der Waals surface area contributed by atoms with E-state index in [-0.39, 0.29) is 0 Å². The largest absolute Gasteiger partial charge is 0.307 e. The molecule has 0 spiro atoms.